The van der Waals surface area contributed by atoms with E-state index < -0.39 is 41.1 Å². The number of carbonyl (C=O) groups excluding carboxylic acids is 2. The first-order chi connectivity index (χ1) is 19.6. The van der Waals surface area contributed by atoms with Crippen LogP contribution < -0.4 is 10.2 Å². The van der Waals surface area contributed by atoms with Gasteiger partial charge in [0.05, 0.1) is 52.9 Å². The second-order valence-corrected chi connectivity index (χ2v) is 10.3. The lowest BCUT2D eigenvalue weighted by Crippen LogP contribution is -2.28. The fraction of sp³-hybridized carbons (Fsp3) is 0.259. The van der Waals surface area contributed by atoms with Gasteiger partial charge in [-0.05, 0) is 25.3 Å². The molecule has 2 amide bonds. The first-order valence-electron chi connectivity index (χ1n) is 12.5. The average molecular weight is 586 g/mol. The summed E-state index contributed by atoms with van der Waals surface area (Å²) in [5.41, 5.74) is -1.06. The van der Waals surface area contributed by atoms with E-state index in [1.165, 1.54) is 29.3 Å². The zero-order chi connectivity index (χ0) is 29.0. The molecule has 0 bridgehead atoms. The number of anilines is 2. The minimum absolute atomic E-state index is 0.00755. The summed E-state index contributed by atoms with van der Waals surface area (Å²) >= 11 is 5.78. The Bertz CT molecular complexity index is 1700. The number of benzene rings is 1. The van der Waals surface area contributed by atoms with Crippen LogP contribution in [-0.2, 0) is 4.79 Å². The summed E-state index contributed by atoms with van der Waals surface area (Å²) in [4.78, 5) is 38.8. The molecule has 210 valence electrons. The molecule has 14 heteroatoms. The predicted molar refractivity (Wildman–Crippen MR) is 140 cm³/mol. The summed E-state index contributed by atoms with van der Waals surface area (Å²) in [6.07, 6.45) is 4.22. The SMILES string of the molecule is C[C@H](c1ncc(N2C[C@H]3C[C@H]3C2=O)cc1F)n1cc(NC(=O)c2cncc(-c3c(C(F)F)ccc(Cl)c3F)n2)cn1. The lowest BCUT2D eigenvalue weighted by atomic mass is 10.0. The fourth-order valence-corrected chi connectivity index (χ4v) is 5.10. The summed E-state index contributed by atoms with van der Waals surface area (Å²) < 4.78 is 58.1. The third kappa shape index (κ3) is 4.90. The van der Waals surface area contributed by atoms with Gasteiger partial charge in [-0.25, -0.2) is 22.5 Å². The summed E-state index contributed by atoms with van der Waals surface area (Å²) in [5.74, 6) is -2.11. The van der Waals surface area contributed by atoms with Crippen LogP contribution in [0.3, 0.4) is 0 Å². The van der Waals surface area contributed by atoms with Crippen molar-refractivity contribution in [2.24, 2.45) is 11.8 Å². The number of rotatable bonds is 7. The van der Waals surface area contributed by atoms with Gasteiger partial charge in [0.25, 0.3) is 12.3 Å². The van der Waals surface area contributed by atoms with Crippen molar-refractivity contribution in [1.82, 2.24) is 24.7 Å². The second-order valence-electron chi connectivity index (χ2n) is 9.87. The maximum atomic E-state index is 15.0. The summed E-state index contributed by atoms with van der Waals surface area (Å²) in [5, 5.41) is 6.34. The number of carbonyl (C=O) groups is 2. The van der Waals surface area contributed by atoms with Gasteiger partial charge in [0.1, 0.15) is 17.2 Å². The number of halogens is 5. The highest BCUT2D eigenvalue weighted by Crippen LogP contribution is 2.47. The number of alkyl halides is 2. The highest BCUT2D eigenvalue weighted by molar-refractivity contribution is 6.31. The molecule has 1 aliphatic heterocycles. The van der Waals surface area contributed by atoms with E-state index in [1.807, 2.05) is 0 Å². The molecule has 0 unspecified atom stereocenters. The molecule has 0 spiro atoms. The lowest BCUT2D eigenvalue weighted by molar-refractivity contribution is -0.118. The molecule has 2 fully saturated rings. The summed E-state index contributed by atoms with van der Waals surface area (Å²) in [7, 11) is 0. The number of hydrogen-bond donors (Lipinski definition) is 1. The molecule has 1 saturated heterocycles. The van der Waals surface area contributed by atoms with Crippen LogP contribution in [-0.4, -0.2) is 43.1 Å². The molecule has 3 atom stereocenters. The highest BCUT2D eigenvalue weighted by atomic mass is 35.5. The molecule has 2 aliphatic rings. The van der Waals surface area contributed by atoms with Crippen LogP contribution in [0.1, 0.15) is 47.6 Å². The molecule has 1 N–H and O–H groups in total. The molecular weight excluding hydrogens is 566 g/mol. The van der Waals surface area contributed by atoms with Crippen LogP contribution in [0.25, 0.3) is 11.3 Å². The Morgan fingerprint density at radius 1 is 1.17 bits per heavy atom. The summed E-state index contributed by atoms with van der Waals surface area (Å²) in [6.45, 7) is 2.23. The van der Waals surface area contributed by atoms with Crippen LogP contribution in [0.2, 0.25) is 5.02 Å². The molecule has 1 saturated carbocycles. The molecule has 41 heavy (non-hydrogen) atoms. The molecule has 9 nitrogen and oxygen atoms in total. The number of nitrogens with one attached hydrogen (secondary N) is 1. The molecule has 4 aromatic rings. The van der Waals surface area contributed by atoms with Crippen molar-refractivity contribution in [2.75, 3.05) is 16.8 Å². The Morgan fingerprint density at radius 2 is 1.98 bits per heavy atom. The van der Waals surface area contributed by atoms with Gasteiger partial charge in [-0.1, -0.05) is 17.7 Å². The Labute approximate surface area is 235 Å². The van der Waals surface area contributed by atoms with Crippen molar-refractivity contribution in [1.29, 1.82) is 0 Å². The van der Waals surface area contributed by atoms with E-state index in [2.05, 4.69) is 25.4 Å². The number of pyridine rings is 1. The monoisotopic (exact) mass is 585 g/mol. The zero-order valence-electron chi connectivity index (χ0n) is 21.2. The molecule has 4 heterocycles. The number of nitrogens with zero attached hydrogens (tertiary/aromatic N) is 6. The van der Waals surface area contributed by atoms with E-state index in [9.17, 15) is 22.8 Å². The van der Waals surface area contributed by atoms with Crippen molar-refractivity contribution < 1.29 is 27.2 Å². The van der Waals surface area contributed by atoms with Gasteiger partial charge in [-0.2, -0.15) is 5.10 Å². The minimum atomic E-state index is -3.02. The minimum Gasteiger partial charge on any atom is -0.318 e. The van der Waals surface area contributed by atoms with Crippen molar-refractivity contribution in [3.63, 3.8) is 0 Å². The highest BCUT2D eigenvalue weighted by Gasteiger charge is 2.52. The van der Waals surface area contributed by atoms with E-state index in [0.29, 0.717) is 18.2 Å². The number of hydrogen-bond acceptors (Lipinski definition) is 6. The van der Waals surface area contributed by atoms with Crippen LogP contribution in [0.15, 0.2) is 49.2 Å². The van der Waals surface area contributed by atoms with Crippen molar-refractivity contribution >= 4 is 34.8 Å². The van der Waals surface area contributed by atoms with E-state index >= 15 is 4.39 Å². The van der Waals surface area contributed by atoms with Gasteiger partial charge in [-0.15, -0.1) is 0 Å². The normalized spacial score (nSPS) is 18.5. The Hall–Kier alpha value is -4.39. The molecule has 1 aliphatic carbocycles. The zero-order valence-corrected chi connectivity index (χ0v) is 22.0. The third-order valence-electron chi connectivity index (χ3n) is 7.23. The fourth-order valence-electron chi connectivity index (χ4n) is 4.94. The third-order valence-corrected chi connectivity index (χ3v) is 7.52. The lowest BCUT2D eigenvalue weighted by Gasteiger charge is -2.19. The van der Waals surface area contributed by atoms with E-state index in [1.54, 1.807) is 11.8 Å². The second kappa shape index (κ2) is 10.2. The van der Waals surface area contributed by atoms with Crippen LogP contribution >= 0.6 is 11.6 Å². The molecule has 0 radical (unpaired) electrons. The standard InChI is InChI=1S/C27H20ClF4N7O2/c1-12(24-19(29)5-15(7-34-24)38-10-13-4-17(13)27(38)41)39-11-14(6-35-39)36-26(40)21-9-33-8-20(37-21)22-16(25(31)32)2-3-18(28)23(22)30/h2-3,5-9,11-13,17,25H,4,10H2,1H3,(H,36,40)/t12-,13-,17-/m1/s1. The van der Waals surface area contributed by atoms with Crippen molar-refractivity contribution in [2.45, 2.75) is 25.8 Å². The van der Waals surface area contributed by atoms with E-state index in [0.717, 1.165) is 30.9 Å². The van der Waals surface area contributed by atoms with Gasteiger partial charge < -0.3 is 10.2 Å². The van der Waals surface area contributed by atoms with Crippen molar-refractivity contribution in [3.05, 3.63) is 82.8 Å². The van der Waals surface area contributed by atoms with Gasteiger partial charge in [0, 0.05) is 35.9 Å². The summed E-state index contributed by atoms with van der Waals surface area (Å²) in [6, 6.07) is 2.60. The topological polar surface area (TPSA) is 106 Å². The largest absolute Gasteiger partial charge is 0.318 e. The Morgan fingerprint density at radius 3 is 2.68 bits per heavy atom. The number of amides is 2. The van der Waals surface area contributed by atoms with Gasteiger partial charge >= 0.3 is 0 Å². The molecule has 6 rings (SSSR count). The van der Waals surface area contributed by atoms with Gasteiger partial charge in [0.2, 0.25) is 5.91 Å². The predicted octanol–water partition coefficient (Wildman–Crippen LogP) is 5.45. The maximum Gasteiger partial charge on any atom is 0.275 e. The Balaban J connectivity index is 1.18. The Kier molecular flexibility index (Phi) is 6.68. The first kappa shape index (κ1) is 26.8. The van der Waals surface area contributed by atoms with Crippen LogP contribution in [0, 0.1) is 23.5 Å². The smallest absolute Gasteiger partial charge is 0.275 e. The average Bonchev–Trinajstić information content (AvgIpc) is 3.45. The number of fused-ring (bicyclic) bond motifs is 1. The quantitative estimate of drug-likeness (QED) is 0.289. The molecule has 3 aromatic heterocycles. The van der Waals surface area contributed by atoms with E-state index in [4.69, 9.17) is 11.6 Å². The number of piperidine rings is 1. The molecular formula is C27H20ClF4N7O2. The van der Waals surface area contributed by atoms with Crippen LogP contribution in [0.5, 0.6) is 0 Å². The van der Waals surface area contributed by atoms with Crippen LogP contribution in [0.4, 0.5) is 28.9 Å². The van der Waals surface area contributed by atoms with Crippen molar-refractivity contribution in [3.8, 4) is 11.3 Å². The van der Waals surface area contributed by atoms with Gasteiger partial charge in [0.15, 0.2) is 5.82 Å². The van der Waals surface area contributed by atoms with Gasteiger partial charge in [-0.3, -0.25) is 24.2 Å². The maximum absolute atomic E-state index is 15.0. The first-order valence-corrected chi connectivity index (χ1v) is 12.9. The van der Waals surface area contributed by atoms with E-state index in [-0.39, 0.29) is 39.6 Å². The molecule has 1 aromatic carbocycles. The number of aromatic nitrogens is 5.